The molecule has 9 heteroatoms. The molecule has 140 valence electrons. The molecule has 2 aromatic carbocycles. The fraction of sp³-hybridized carbons (Fsp3) is 0.111. The fourth-order valence-corrected chi connectivity index (χ4v) is 2.06. The topological polar surface area (TPSA) is 108 Å². The van der Waals surface area contributed by atoms with Crippen LogP contribution in [0.3, 0.4) is 0 Å². The first kappa shape index (κ1) is 19.6. The highest BCUT2D eigenvalue weighted by Crippen LogP contribution is 2.23. The molecule has 0 saturated carbocycles. The van der Waals surface area contributed by atoms with Gasteiger partial charge < -0.3 is 14.8 Å². The van der Waals surface area contributed by atoms with Gasteiger partial charge in [-0.25, -0.2) is 9.18 Å². The predicted octanol–water partition coefficient (Wildman–Crippen LogP) is 2.94. The number of rotatable bonds is 7. The summed E-state index contributed by atoms with van der Waals surface area (Å²) in [5.41, 5.74) is 0.112. The maximum absolute atomic E-state index is 13.5. The quantitative estimate of drug-likeness (QED) is 0.345. The van der Waals surface area contributed by atoms with Gasteiger partial charge in [0.25, 0.3) is 11.6 Å². The summed E-state index contributed by atoms with van der Waals surface area (Å²) in [6.07, 6.45) is 2.34. The normalized spacial score (nSPS) is 10.4. The molecule has 2 rings (SSSR count). The minimum Gasteiger partial charge on any atom is -0.494 e. The van der Waals surface area contributed by atoms with Crippen molar-refractivity contribution in [1.82, 2.24) is 0 Å². The van der Waals surface area contributed by atoms with Crippen molar-refractivity contribution in [3.63, 3.8) is 0 Å². The van der Waals surface area contributed by atoms with Gasteiger partial charge in [-0.05, 0) is 29.8 Å². The van der Waals surface area contributed by atoms with Crippen LogP contribution in [0.4, 0.5) is 15.8 Å². The lowest BCUT2D eigenvalue weighted by Gasteiger charge is -2.06. The minimum absolute atomic E-state index is 0.00667. The highest BCUT2D eigenvalue weighted by Gasteiger charge is 2.15. The minimum atomic E-state index is -0.830. The van der Waals surface area contributed by atoms with Crippen LogP contribution in [-0.4, -0.2) is 30.5 Å². The van der Waals surface area contributed by atoms with Gasteiger partial charge in [-0.15, -0.1) is 0 Å². The molecule has 0 aliphatic heterocycles. The summed E-state index contributed by atoms with van der Waals surface area (Å²) in [4.78, 5) is 33.7. The van der Waals surface area contributed by atoms with Gasteiger partial charge in [0.05, 0.1) is 12.0 Å². The molecule has 0 heterocycles. The van der Waals surface area contributed by atoms with Crippen LogP contribution in [0, 0.1) is 15.9 Å². The largest absolute Gasteiger partial charge is 0.494 e. The number of esters is 1. The Morgan fingerprint density at radius 3 is 2.67 bits per heavy atom. The van der Waals surface area contributed by atoms with Gasteiger partial charge in [-0.2, -0.15) is 0 Å². The van der Waals surface area contributed by atoms with Crippen LogP contribution in [0.5, 0.6) is 5.75 Å². The van der Waals surface area contributed by atoms with E-state index in [1.807, 2.05) is 0 Å². The summed E-state index contributed by atoms with van der Waals surface area (Å²) in [7, 11) is 1.33. The molecule has 0 saturated heterocycles. The maximum Gasteiger partial charge on any atom is 0.331 e. The summed E-state index contributed by atoms with van der Waals surface area (Å²) in [5, 5.41) is 13.2. The number of para-hydroxylation sites is 2. The molecule has 0 fully saturated rings. The lowest BCUT2D eigenvalue weighted by molar-refractivity contribution is -0.383. The third kappa shape index (κ3) is 5.63. The molecular formula is C18H15FN2O6. The third-order valence-corrected chi connectivity index (χ3v) is 3.31. The van der Waals surface area contributed by atoms with E-state index in [4.69, 9.17) is 9.47 Å². The van der Waals surface area contributed by atoms with E-state index < -0.39 is 29.2 Å². The Labute approximate surface area is 153 Å². The highest BCUT2D eigenvalue weighted by molar-refractivity contribution is 5.96. The van der Waals surface area contributed by atoms with E-state index in [1.54, 1.807) is 0 Å². The van der Waals surface area contributed by atoms with Gasteiger partial charge in [0.15, 0.2) is 18.2 Å². The van der Waals surface area contributed by atoms with E-state index in [9.17, 15) is 24.1 Å². The summed E-state index contributed by atoms with van der Waals surface area (Å²) in [6.45, 7) is -0.633. The number of hydrogen-bond acceptors (Lipinski definition) is 6. The lowest BCUT2D eigenvalue weighted by atomic mass is 10.2. The summed E-state index contributed by atoms with van der Waals surface area (Å²) >= 11 is 0. The number of ether oxygens (including phenoxy) is 2. The Hall–Kier alpha value is -3.75. The molecule has 0 aliphatic carbocycles. The second kappa shape index (κ2) is 9.09. The fourth-order valence-electron chi connectivity index (χ4n) is 2.06. The first-order valence-corrected chi connectivity index (χ1v) is 7.62. The lowest BCUT2D eigenvalue weighted by Crippen LogP contribution is -2.20. The van der Waals surface area contributed by atoms with Crippen LogP contribution < -0.4 is 10.1 Å². The van der Waals surface area contributed by atoms with Crippen molar-refractivity contribution in [2.24, 2.45) is 0 Å². The van der Waals surface area contributed by atoms with Crippen LogP contribution in [0.25, 0.3) is 6.08 Å². The second-order valence-corrected chi connectivity index (χ2v) is 5.16. The van der Waals surface area contributed by atoms with E-state index in [1.165, 1.54) is 55.7 Å². The maximum atomic E-state index is 13.5. The summed E-state index contributed by atoms with van der Waals surface area (Å²) in [6, 6.07) is 9.68. The zero-order valence-corrected chi connectivity index (χ0v) is 14.2. The molecule has 0 atom stereocenters. The smallest absolute Gasteiger partial charge is 0.331 e. The average molecular weight is 374 g/mol. The number of amides is 1. The molecule has 0 bridgehead atoms. The standard InChI is InChI=1S/C18H15FN2O6/c1-26-16-8-6-12(10-13(16)19)7-9-18(23)27-11-17(22)20-14-4-2-3-5-15(14)21(24)25/h2-10H,11H2,1H3,(H,20,22)/b9-7+. The molecule has 0 aliphatic rings. The number of nitrogens with zero attached hydrogens (tertiary/aromatic N) is 1. The van der Waals surface area contributed by atoms with Gasteiger partial charge in [0.2, 0.25) is 0 Å². The summed E-state index contributed by atoms with van der Waals surface area (Å²) < 4.78 is 23.1. The van der Waals surface area contributed by atoms with Crippen LogP contribution in [0.1, 0.15) is 5.56 Å². The first-order chi connectivity index (χ1) is 12.9. The molecule has 0 radical (unpaired) electrons. The van der Waals surface area contributed by atoms with E-state index in [-0.39, 0.29) is 17.1 Å². The van der Waals surface area contributed by atoms with Crippen molar-refractivity contribution >= 4 is 29.3 Å². The Kier molecular flexibility index (Phi) is 6.59. The molecular weight excluding hydrogens is 359 g/mol. The van der Waals surface area contributed by atoms with E-state index in [0.29, 0.717) is 5.56 Å². The third-order valence-electron chi connectivity index (χ3n) is 3.31. The molecule has 8 nitrogen and oxygen atoms in total. The number of halogens is 1. The Morgan fingerprint density at radius 1 is 1.26 bits per heavy atom. The predicted molar refractivity (Wildman–Crippen MR) is 94.7 cm³/mol. The Balaban J connectivity index is 1.89. The van der Waals surface area contributed by atoms with Gasteiger partial charge >= 0.3 is 5.97 Å². The molecule has 0 spiro atoms. The van der Waals surface area contributed by atoms with Crippen molar-refractivity contribution in [2.45, 2.75) is 0 Å². The van der Waals surface area contributed by atoms with E-state index in [2.05, 4.69) is 5.32 Å². The van der Waals surface area contributed by atoms with Crippen LogP contribution in [0.15, 0.2) is 48.5 Å². The number of nitro benzene ring substituents is 1. The first-order valence-electron chi connectivity index (χ1n) is 7.62. The molecule has 1 amide bonds. The number of carbonyl (C=O) groups excluding carboxylic acids is 2. The zero-order valence-electron chi connectivity index (χ0n) is 14.2. The van der Waals surface area contributed by atoms with Gasteiger partial charge in [-0.1, -0.05) is 18.2 Å². The van der Waals surface area contributed by atoms with Crippen LogP contribution in [-0.2, 0) is 14.3 Å². The van der Waals surface area contributed by atoms with Gasteiger partial charge in [-0.3, -0.25) is 14.9 Å². The van der Waals surface area contributed by atoms with Crippen molar-refractivity contribution in [1.29, 1.82) is 0 Å². The number of nitrogens with one attached hydrogen (secondary N) is 1. The number of benzene rings is 2. The molecule has 27 heavy (non-hydrogen) atoms. The number of hydrogen-bond donors (Lipinski definition) is 1. The zero-order chi connectivity index (χ0) is 19.8. The van der Waals surface area contributed by atoms with Gasteiger partial charge in [0.1, 0.15) is 5.69 Å². The second-order valence-electron chi connectivity index (χ2n) is 5.16. The molecule has 2 aromatic rings. The monoisotopic (exact) mass is 374 g/mol. The number of carbonyl (C=O) groups is 2. The van der Waals surface area contributed by atoms with E-state index in [0.717, 1.165) is 6.08 Å². The molecule has 1 N–H and O–H groups in total. The number of anilines is 1. The number of nitro groups is 1. The Morgan fingerprint density at radius 2 is 2.00 bits per heavy atom. The molecule has 0 aromatic heterocycles. The van der Waals surface area contributed by atoms with Crippen LogP contribution in [0.2, 0.25) is 0 Å². The summed E-state index contributed by atoms with van der Waals surface area (Å²) in [5.74, 6) is -2.08. The highest BCUT2D eigenvalue weighted by atomic mass is 19.1. The SMILES string of the molecule is COc1ccc(/C=C/C(=O)OCC(=O)Nc2ccccc2[N+](=O)[O-])cc1F. The van der Waals surface area contributed by atoms with Crippen molar-refractivity contribution in [2.75, 3.05) is 19.0 Å². The van der Waals surface area contributed by atoms with Crippen molar-refractivity contribution < 1.29 is 28.4 Å². The van der Waals surface area contributed by atoms with Crippen molar-refractivity contribution in [3.8, 4) is 5.75 Å². The Bertz CT molecular complexity index is 897. The van der Waals surface area contributed by atoms with Crippen LogP contribution >= 0.6 is 0 Å². The molecule has 0 unspecified atom stereocenters. The average Bonchev–Trinajstić information content (AvgIpc) is 2.65. The van der Waals surface area contributed by atoms with Gasteiger partial charge in [0, 0.05) is 12.1 Å². The van der Waals surface area contributed by atoms with E-state index >= 15 is 0 Å². The number of methoxy groups -OCH3 is 1. The van der Waals surface area contributed by atoms with Crippen molar-refractivity contribution in [3.05, 3.63) is 70.0 Å².